The molecule has 0 bridgehead atoms. The van der Waals surface area contributed by atoms with Crippen LogP contribution in [0.5, 0.6) is 0 Å². The van der Waals surface area contributed by atoms with Crippen molar-refractivity contribution in [3.8, 4) is 11.4 Å². The van der Waals surface area contributed by atoms with E-state index in [2.05, 4.69) is 20.3 Å². The average molecular weight is 355 g/mol. The molecule has 0 spiro atoms. The van der Waals surface area contributed by atoms with Gasteiger partial charge in [-0.15, -0.1) is 0 Å². The van der Waals surface area contributed by atoms with Crippen LogP contribution >= 0.6 is 0 Å². The highest BCUT2D eigenvalue weighted by atomic mass is 16.5. The maximum atomic E-state index is 5.56. The molecule has 136 valence electrons. The minimum absolute atomic E-state index is 0.0608. The Bertz CT molecular complexity index is 869. The van der Waals surface area contributed by atoms with Crippen LogP contribution in [0.2, 0.25) is 0 Å². The summed E-state index contributed by atoms with van der Waals surface area (Å²) in [6.07, 6.45) is 1.90. The molecule has 1 saturated heterocycles. The molecule has 26 heavy (non-hydrogen) atoms. The van der Waals surface area contributed by atoms with Crippen molar-refractivity contribution in [3.63, 3.8) is 0 Å². The second-order valence-electron chi connectivity index (χ2n) is 6.60. The van der Waals surface area contributed by atoms with Gasteiger partial charge in [0.2, 0.25) is 11.7 Å². The number of nitrogens with zero attached hydrogens (tertiary/aromatic N) is 5. The number of ether oxygens (including phenoxy) is 1. The molecule has 0 saturated carbocycles. The Hall–Kier alpha value is -2.58. The highest BCUT2D eigenvalue weighted by Crippen LogP contribution is 2.27. The highest BCUT2D eigenvalue weighted by Gasteiger charge is 2.24. The van der Waals surface area contributed by atoms with Gasteiger partial charge in [-0.25, -0.2) is 0 Å². The lowest BCUT2D eigenvalue weighted by Crippen LogP contribution is -2.18. The van der Waals surface area contributed by atoms with E-state index in [4.69, 9.17) is 13.8 Å². The summed E-state index contributed by atoms with van der Waals surface area (Å²) in [5.74, 6) is 2.33. The molecular formula is C18H21N5O3. The molecule has 1 aromatic carbocycles. The molecule has 3 heterocycles. The normalized spacial score (nSPS) is 17.3. The summed E-state index contributed by atoms with van der Waals surface area (Å²) >= 11 is 0. The Morgan fingerprint density at radius 3 is 2.88 bits per heavy atom. The van der Waals surface area contributed by atoms with Gasteiger partial charge < -0.3 is 13.8 Å². The average Bonchev–Trinajstić information content (AvgIpc) is 3.36. The standard InChI is InChI=1S/C18H21N5O3/c1-12-5-3-6-13(9-12)17-20-16(25-22-17)11-23(2)10-15-19-18(26-21-15)14-7-4-8-24-14/h3,5-6,9,14H,4,7-8,10-11H2,1-2H3. The molecule has 1 fully saturated rings. The number of aromatic nitrogens is 4. The van der Waals surface area contributed by atoms with Crippen molar-refractivity contribution >= 4 is 0 Å². The summed E-state index contributed by atoms with van der Waals surface area (Å²) < 4.78 is 16.2. The van der Waals surface area contributed by atoms with E-state index in [-0.39, 0.29) is 6.10 Å². The molecule has 0 N–H and O–H groups in total. The van der Waals surface area contributed by atoms with Crippen molar-refractivity contribution in [2.45, 2.75) is 39.0 Å². The van der Waals surface area contributed by atoms with Crippen LogP contribution in [0.1, 0.15) is 42.1 Å². The van der Waals surface area contributed by atoms with Gasteiger partial charge in [-0.3, -0.25) is 4.90 Å². The minimum Gasteiger partial charge on any atom is -0.368 e. The van der Waals surface area contributed by atoms with E-state index < -0.39 is 0 Å². The second kappa shape index (κ2) is 7.35. The van der Waals surface area contributed by atoms with Gasteiger partial charge in [0, 0.05) is 12.2 Å². The molecule has 1 aliphatic rings. The molecule has 2 aromatic heterocycles. The van der Waals surface area contributed by atoms with E-state index in [0.29, 0.717) is 36.5 Å². The van der Waals surface area contributed by atoms with Gasteiger partial charge in [-0.2, -0.15) is 9.97 Å². The minimum atomic E-state index is -0.0608. The fraction of sp³-hybridized carbons (Fsp3) is 0.444. The van der Waals surface area contributed by atoms with E-state index in [1.165, 1.54) is 0 Å². The van der Waals surface area contributed by atoms with Crippen LogP contribution in [0, 0.1) is 6.92 Å². The highest BCUT2D eigenvalue weighted by molar-refractivity contribution is 5.55. The Balaban J connectivity index is 1.37. The van der Waals surface area contributed by atoms with E-state index >= 15 is 0 Å². The van der Waals surface area contributed by atoms with Crippen molar-refractivity contribution < 1.29 is 13.8 Å². The summed E-state index contributed by atoms with van der Waals surface area (Å²) in [7, 11) is 1.94. The van der Waals surface area contributed by atoms with E-state index in [1.54, 1.807) is 0 Å². The van der Waals surface area contributed by atoms with Gasteiger partial charge in [0.15, 0.2) is 5.82 Å². The molecule has 0 radical (unpaired) electrons. The van der Waals surface area contributed by atoms with Crippen LogP contribution in [0.25, 0.3) is 11.4 Å². The molecule has 8 nitrogen and oxygen atoms in total. The molecule has 3 aromatic rings. The first-order chi connectivity index (χ1) is 12.7. The number of hydrogen-bond acceptors (Lipinski definition) is 8. The fourth-order valence-corrected chi connectivity index (χ4v) is 2.98. The van der Waals surface area contributed by atoms with E-state index in [1.807, 2.05) is 43.1 Å². The van der Waals surface area contributed by atoms with Gasteiger partial charge in [-0.05, 0) is 32.9 Å². The van der Waals surface area contributed by atoms with Crippen LogP contribution in [-0.2, 0) is 17.8 Å². The molecule has 0 amide bonds. The topological polar surface area (TPSA) is 90.3 Å². The van der Waals surface area contributed by atoms with Gasteiger partial charge in [0.1, 0.15) is 6.10 Å². The van der Waals surface area contributed by atoms with Crippen LogP contribution < -0.4 is 0 Å². The predicted molar refractivity (Wildman–Crippen MR) is 91.9 cm³/mol. The molecule has 1 unspecified atom stereocenters. The predicted octanol–water partition coefficient (Wildman–Crippen LogP) is 2.91. The van der Waals surface area contributed by atoms with Crippen LogP contribution in [-0.4, -0.2) is 38.8 Å². The third-order valence-corrected chi connectivity index (χ3v) is 4.25. The molecule has 0 aliphatic carbocycles. The SMILES string of the molecule is Cc1cccc(-c2noc(CN(C)Cc3noc(C4CCCO4)n3)n2)c1. The van der Waals surface area contributed by atoms with Crippen molar-refractivity contribution in [2.24, 2.45) is 0 Å². The number of rotatable bonds is 6. The first kappa shape index (κ1) is 16.9. The number of benzene rings is 1. The van der Waals surface area contributed by atoms with Crippen molar-refractivity contribution in [2.75, 3.05) is 13.7 Å². The third kappa shape index (κ3) is 3.81. The monoisotopic (exact) mass is 355 g/mol. The summed E-state index contributed by atoms with van der Waals surface area (Å²) in [4.78, 5) is 10.9. The molecule has 4 rings (SSSR count). The lowest BCUT2D eigenvalue weighted by Gasteiger charge is -2.10. The lowest BCUT2D eigenvalue weighted by molar-refractivity contribution is 0.0835. The Morgan fingerprint density at radius 1 is 1.15 bits per heavy atom. The zero-order valence-electron chi connectivity index (χ0n) is 14.9. The van der Waals surface area contributed by atoms with Crippen LogP contribution in [0.15, 0.2) is 33.3 Å². The van der Waals surface area contributed by atoms with E-state index in [0.717, 1.165) is 30.6 Å². The molecule has 1 atom stereocenters. The van der Waals surface area contributed by atoms with Crippen LogP contribution in [0.3, 0.4) is 0 Å². The quantitative estimate of drug-likeness (QED) is 0.667. The Kier molecular flexibility index (Phi) is 4.77. The number of aryl methyl sites for hydroxylation is 1. The first-order valence-electron chi connectivity index (χ1n) is 8.69. The summed E-state index contributed by atoms with van der Waals surface area (Å²) in [5, 5.41) is 8.10. The summed E-state index contributed by atoms with van der Waals surface area (Å²) in [6, 6.07) is 8.02. The Morgan fingerprint density at radius 2 is 2.08 bits per heavy atom. The largest absolute Gasteiger partial charge is 0.368 e. The molecule has 8 heteroatoms. The second-order valence-corrected chi connectivity index (χ2v) is 6.60. The van der Waals surface area contributed by atoms with Crippen LogP contribution in [0.4, 0.5) is 0 Å². The third-order valence-electron chi connectivity index (χ3n) is 4.25. The fourth-order valence-electron chi connectivity index (χ4n) is 2.98. The maximum absolute atomic E-state index is 5.56. The van der Waals surface area contributed by atoms with E-state index in [9.17, 15) is 0 Å². The lowest BCUT2D eigenvalue weighted by atomic mass is 10.1. The van der Waals surface area contributed by atoms with Crippen molar-refractivity contribution in [1.82, 2.24) is 25.2 Å². The van der Waals surface area contributed by atoms with Crippen molar-refractivity contribution in [3.05, 3.63) is 47.4 Å². The molecule has 1 aliphatic heterocycles. The Labute approximate surface area is 151 Å². The smallest absolute Gasteiger partial charge is 0.255 e. The van der Waals surface area contributed by atoms with Gasteiger partial charge in [-0.1, -0.05) is 34.1 Å². The maximum Gasteiger partial charge on any atom is 0.255 e. The summed E-state index contributed by atoms with van der Waals surface area (Å²) in [5.41, 5.74) is 2.10. The van der Waals surface area contributed by atoms with Gasteiger partial charge in [0.05, 0.1) is 13.1 Å². The van der Waals surface area contributed by atoms with Crippen molar-refractivity contribution in [1.29, 1.82) is 0 Å². The first-order valence-corrected chi connectivity index (χ1v) is 8.69. The summed E-state index contributed by atoms with van der Waals surface area (Å²) in [6.45, 7) is 3.82. The molecular weight excluding hydrogens is 334 g/mol. The van der Waals surface area contributed by atoms with Gasteiger partial charge >= 0.3 is 0 Å². The number of hydrogen-bond donors (Lipinski definition) is 0. The van der Waals surface area contributed by atoms with Gasteiger partial charge in [0.25, 0.3) is 5.89 Å². The zero-order valence-corrected chi connectivity index (χ0v) is 14.9. The zero-order chi connectivity index (χ0) is 17.9.